The van der Waals surface area contributed by atoms with E-state index in [0.29, 0.717) is 25.7 Å². The molecule has 7 rings (SSSR count). The molecule has 382 valence electrons. The average Bonchev–Trinajstić information content (AvgIpc) is 3.22. The average molecular weight is 955 g/mol. The number of aliphatic carboxylic acids is 1. The van der Waals surface area contributed by atoms with Crippen LogP contribution in [0.25, 0.3) is 0 Å². The van der Waals surface area contributed by atoms with Crippen LogP contribution in [0.4, 0.5) is 0 Å². The molecule has 0 aromatic heterocycles. The number of allylic oxidation sites excluding steroid dienone is 2. The van der Waals surface area contributed by atoms with Crippen LogP contribution in [-0.2, 0) is 42.8 Å². The fourth-order valence-electron chi connectivity index (χ4n) is 15.0. The van der Waals surface area contributed by atoms with E-state index in [4.69, 9.17) is 28.4 Å². The lowest BCUT2D eigenvalue weighted by molar-refractivity contribution is -0.374. The van der Waals surface area contributed by atoms with Gasteiger partial charge >= 0.3 is 17.9 Å². The van der Waals surface area contributed by atoms with Crippen LogP contribution in [0.1, 0.15) is 121 Å². The molecule has 2 aliphatic heterocycles. The summed E-state index contributed by atoms with van der Waals surface area (Å²) in [6, 6.07) is 0. The van der Waals surface area contributed by atoms with Gasteiger partial charge in [-0.2, -0.15) is 0 Å². The van der Waals surface area contributed by atoms with Crippen molar-refractivity contribution in [2.24, 2.45) is 56.2 Å². The fourth-order valence-corrected chi connectivity index (χ4v) is 15.0. The second kappa shape index (κ2) is 18.4. The molecule has 4 saturated carbocycles. The van der Waals surface area contributed by atoms with E-state index in [1.807, 2.05) is 27.7 Å². The van der Waals surface area contributed by atoms with E-state index >= 15 is 0 Å². The van der Waals surface area contributed by atoms with Gasteiger partial charge in [0.05, 0.1) is 30.8 Å². The van der Waals surface area contributed by atoms with Crippen molar-refractivity contribution in [3.05, 3.63) is 11.6 Å². The zero-order valence-electron chi connectivity index (χ0n) is 40.7. The van der Waals surface area contributed by atoms with Crippen molar-refractivity contribution in [2.75, 3.05) is 13.2 Å². The summed E-state index contributed by atoms with van der Waals surface area (Å²) in [5.41, 5.74) is -2.75. The van der Waals surface area contributed by atoms with Crippen molar-refractivity contribution in [2.45, 2.75) is 206 Å². The Bertz CT molecular complexity index is 1890. The van der Waals surface area contributed by atoms with Gasteiger partial charge in [0.25, 0.3) is 0 Å². The maximum absolute atomic E-state index is 13.5. The molecule has 9 N–H and O–H groups in total. The Hall–Kier alpha value is -2.33. The zero-order valence-corrected chi connectivity index (χ0v) is 40.7. The molecule has 0 amide bonds. The van der Waals surface area contributed by atoms with E-state index in [9.17, 15) is 60.3 Å². The smallest absolute Gasteiger partial charge is 0.335 e. The van der Waals surface area contributed by atoms with Gasteiger partial charge in [-0.15, -0.1) is 0 Å². The minimum absolute atomic E-state index is 0.0134. The van der Waals surface area contributed by atoms with Crippen LogP contribution in [0.5, 0.6) is 0 Å². The summed E-state index contributed by atoms with van der Waals surface area (Å²) in [5, 5.41) is 97.9. The second-order valence-corrected chi connectivity index (χ2v) is 23.6. The molecule has 0 spiro atoms. The molecule has 67 heavy (non-hydrogen) atoms. The molecule has 0 aromatic carbocycles. The number of rotatable bonds is 11. The lowest BCUT2D eigenvalue weighted by Gasteiger charge is -2.72. The predicted molar refractivity (Wildman–Crippen MR) is 235 cm³/mol. The van der Waals surface area contributed by atoms with Crippen LogP contribution in [0.3, 0.4) is 0 Å². The molecule has 21 atom stereocenters. The molecule has 18 heteroatoms. The lowest BCUT2D eigenvalue weighted by atomic mass is 9.33. The summed E-state index contributed by atoms with van der Waals surface area (Å²) >= 11 is 0. The third kappa shape index (κ3) is 8.31. The normalized spacial score (nSPS) is 49.0. The molecular weight excluding hydrogens is 877 g/mol. The van der Waals surface area contributed by atoms with Crippen LogP contribution in [-0.4, -0.2) is 163 Å². The fraction of sp³-hybridized carbons (Fsp3) is 0.898. The SMILES string of the molecule is CC(=O)O[C@H]1[C@H](OC(=O)CC(C)C)[C@]2(CO)[C@H](O)C[C@]3(C)C(=CC[C@@H]4[C@@]5(C)CC[C@H](O[C@@H]6O[C@H](C(=O)O)[C@@H](O)[C@H](O)[C@H]6O[C@@H]6O[C@H](CO)[C@H](O)[C@H](O)[C@H]6O)C(C)(C)[C@@H]5CC[C@]43C)[C@@H]2CC1(C)C. The van der Waals surface area contributed by atoms with Crippen molar-refractivity contribution >= 4 is 17.9 Å². The molecular formula is C49H78O18. The molecule has 0 aromatic rings. The number of carboxylic acid groups (broad SMARTS) is 1. The van der Waals surface area contributed by atoms with Gasteiger partial charge in [-0.05, 0) is 90.3 Å². The quantitative estimate of drug-likeness (QED) is 0.0813. The van der Waals surface area contributed by atoms with Gasteiger partial charge in [-0.3, -0.25) is 9.59 Å². The van der Waals surface area contributed by atoms with Crippen molar-refractivity contribution < 1.29 is 88.8 Å². The van der Waals surface area contributed by atoms with Crippen LogP contribution in [0.15, 0.2) is 11.6 Å². The first-order valence-corrected chi connectivity index (χ1v) is 24.3. The molecule has 18 nitrogen and oxygen atoms in total. The van der Waals surface area contributed by atoms with Gasteiger partial charge in [0.1, 0.15) is 54.9 Å². The Morgan fingerprint density at radius 2 is 1.45 bits per heavy atom. The van der Waals surface area contributed by atoms with E-state index in [0.717, 1.165) is 18.4 Å². The van der Waals surface area contributed by atoms with Gasteiger partial charge in [0, 0.05) is 18.8 Å². The summed E-state index contributed by atoms with van der Waals surface area (Å²) in [5.74, 6) is -2.87. The number of carbonyl (C=O) groups is 3. The largest absolute Gasteiger partial charge is 0.479 e. The molecule has 5 aliphatic carbocycles. The highest BCUT2D eigenvalue weighted by molar-refractivity contribution is 5.73. The number of aliphatic hydroxyl groups excluding tert-OH is 8. The standard InChI is InChI=1S/C49H78O18/c1-22(2)17-31(54)65-40-39(62-23(3)52)44(4,5)18-25-24-11-12-28-46(8)15-14-30(45(6,7)27(46)13-16-47(28,9)48(24,10)19-29(53)49(25,40)21-51)64-43-38(35(58)34(57)37(66-43)41(60)61)67-42-36(59)33(56)32(55)26(20-50)63-42/h11,22,25-30,32-40,42-43,50-51,53,55-59H,12-21H2,1-10H3,(H,60,61)/t25-,26+,27-,28+,29+,30-,32-,33-,34-,35-,36+,37-,38+,39-,40-,42-,43+,46-,47+,48+,49-/m0/s1. The summed E-state index contributed by atoms with van der Waals surface area (Å²) < 4.78 is 36.3. The van der Waals surface area contributed by atoms with Crippen LogP contribution in [0.2, 0.25) is 0 Å². The van der Waals surface area contributed by atoms with Crippen molar-refractivity contribution in [3.63, 3.8) is 0 Å². The maximum atomic E-state index is 13.5. The van der Waals surface area contributed by atoms with Gasteiger partial charge < -0.3 is 74.4 Å². The summed E-state index contributed by atoms with van der Waals surface area (Å²) in [6.45, 7) is 18.9. The highest BCUT2D eigenvalue weighted by atomic mass is 16.8. The Labute approximate surface area is 393 Å². The number of fused-ring (bicyclic) bond motifs is 7. The Morgan fingerprint density at radius 1 is 0.776 bits per heavy atom. The zero-order chi connectivity index (χ0) is 49.7. The molecule has 0 bridgehead atoms. The van der Waals surface area contributed by atoms with E-state index < -0.39 is 145 Å². The van der Waals surface area contributed by atoms with E-state index in [1.165, 1.54) is 6.92 Å². The van der Waals surface area contributed by atoms with Crippen molar-refractivity contribution in [1.82, 2.24) is 0 Å². The Balaban J connectivity index is 1.19. The third-order valence-corrected chi connectivity index (χ3v) is 18.6. The van der Waals surface area contributed by atoms with Gasteiger partial charge in [-0.25, -0.2) is 4.79 Å². The predicted octanol–water partition coefficient (Wildman–Crippen LogP) is 1.96. The number of hydrogen-bond donors (Lipinski definition) is 9. The minimum atomic E-state index is -1.99. The number of ether oxygens (including phenoxy) is 6. The van der Waals surface area contributed by atoms with Crippen molar-refractivity contribution in [1.29, 1.82) is 0 Å². The lowest BCUT2D eigenvalue weighted by Crippen LogP contribution is -2.72. The summed E-state index contributed by atoms with van der Waals surface area (Å²) in [7, 11) is 0. The minimum Gasteiger partial charge on any atom is -0.479 e. The van der Waals surface area contributed by atoms with Gasteiger partial charge in [0.15, 0.2) is 18.7 Å². The first-order chi connectivity index (χ1) is 31.1. The molecule has 7 aliphatic rings. The maximum Gasteiger partial charge on any atom is 0.335 e. The monoisotopic (exact) mass is 955 g/mol. The van der Waals surface area contributed by atoms with Gasteiger partial charge in [-0.1, -0.05) is 74.0 Å². The first-order valence-electron chi connectivity index (χ1n) is 24.3. The van der Waals surface area contributed by atoms with E-state index in [1.54, 1.807) is 0 Å². The molecule has 0 radical (unpaired) electrons. The number of aliphatic hydroxyl groups is 8. The van der Waals surface area contributed by atoms with E-state index in [2.05, 4.69) is 40.7 Å². The number of carbonyl (C=O) groups excluding carboxylic acids is 2. The summed E-state index contributed by atoms with van der Waals surface area (Å²) in [6.07, 6.45) is -14.8. The second-order valence-electron chi connectivity index (χ2n) is 23.6. The highest BCUT2D eigenvalue weighted by Crippen LogP contribution is 2.76. The van der Waals surface area contributed by atoms with Crippen LogP contribution in [0, 0.1) is 56.2 Å². The first kappa shape index (κ1) is 52.5. The third-order valence-electron chi connectivity index (χ3n) is 18.6. The van der Waals surface area contributed by atoms with Crippen molar-refractivity contribution in [3.8, 4) is 0 Å². The van der Waals surface area contributed by atoms with E-state index in [-0.39, 0.29) is 41.4 Å². The Morgan fingerprint density at radius 3 is 2.04 bits per heavy atom. The molecule has 0 unspecified atom stereocenters. The van der Waals surface area contributed by atoms with Crippen LogP contribution >= 0.6 is 0 Å². The molecule has 2 saturated heterocycles. The number of carboxylic acids is 1. The topological polar surface area (TPSA) is 289 Å². The number of esters is 2. The van der Waals surface area contributed by atoms with Crippen LogP contribution < -0.4 is 0 Å². The highest BCUT2D eigenvalue weighted by Gasteiger charge is 2.74. The van der Waals surface area contributed by atoms with Gasteiger partial charge in [0.2, 0.25) is 0 Å². The molecule has 2 heterocycles. The molecule has 6 fully saturated rings. The summed E-state index contributed by atoms with van der Waals surface area (Å²) in [4.78, 5) is 38.5. The number of hydrogen-bond acceptors (Lipinski definition) is 17. The Kier molecular flexibility index (Phi) is 14.4.